The summed E-state index contributed by atoms with van der Waals surface area (Å²) in [5.74, 6) is 1.48. The van der Waals surface area contributed by atoms with E-state index in [4.69, 9.17) is 4.74 Å². The first-order valence-corrected chi connectivity index (χ1v) is 16.6. The van der Waals surface area contributed by atoms with E-state index in [1.165, 1.54) is 31.3 Å². The van der Waals surface area contributed by atoms with Crippen LogP contribution in [0.25, 0.3) is 0 Å². The highest BCUT2D eigenvalue weighted by molar-refractivity contribution is 5.81. The molecule has 4 fully saturated rings. The van der Waals surface area contributed by atoms with Gasteiger partial charge in [0.15, 0.2) is 0 Å². The Bertz CT molecular complexity index is 1110. The van der Waals surface area contributed by atoms with E-state index in [0.717, 1.165) is 32.1 Å². The fraction of sp³-hybridized carbons (Fsp3) is 0.889. The van der Waals surface area contributed by atoms with Crippen molar-refractivity contribution >= 4 is 11.9 Å². The van der Waals surface area contributed by atoms with E-state index in [0.29, 0.717) is 36.2 Å². The van der Waals surface area contributed by atoms with Crippen molar-refractivity contribution in [3.63, 3.8) is 0 Å². The zero-order valence-corrected chi connectivity index (χ0v) is 27.4. The van der Waals surface area contributed by atoms with Crippen LogP contribution in [0.3, 0.4) is 0 Å². The van der Waals surface area contributed by atoms with Gasteiger partial charge in [-0.3, -0.25) is 9.59 Å². The predicted molar refractivity (Wildman–Crippen MR) is 162 cm³/mol. The van der Waals surface area contributed by atoms with Gasteiger partial charge in [-0.1, -0.05) is 53.2 Å². The van der Waals surface area contributed by atoms with Crippen LogP contribution < -0.4 is 0 Å². The van der Waals surface area contributed by atoms with Crippen molar-refractivity contribution in [3.8, 4) is 0 Å². The number of aliphatic carboxylic acids is 1. The van der Waals surface area contributed by atoms with E-state index in [1.807, 2.05) is 0 Å². The number of carbonyl (C=O) groups is 2. The quantitative estimate of drug-likeness (QED) is 0.258. The lowest BCUT2D eigenvalue weighted by atomic mass is 9.31. The maximum Gasteiger partial charge on any atom is 0.309 e. The third kappa shape index (κ3) is 4.32. The van der Waals surface area contributed by atoms with E-state index in [-0.39, 0.29) is 45.6 Å². The monoisotopic (exact) mass is 570 g/mol. The van der Waals surface area contributed by atoms with Crippen LogP contribution in [0.5, 0.6) is 0 Å². The normalized spacial score (nSPS) is 47.1. The number of rotatable bonds is 5. The Labute approximate surface area is 249 Å². The van der Waals surface area contributed by atoms with Gasteiger partial charge in [0.2, 0.25) is 0 Å². The van der Waals surface area contributed by atoms with E-state index in [9.17, 15) is 19.8 Å². The molecule has 0 aromatic carbocycles. The third-order valence-electron chi connectivity index (χ3n) is 15.0. The van der Waals surface area contributed by atoms with Crippen LogP contribution in [-0.4, -0.2) is 34.9 Å². The van der Waals surface area contributed by atoms with Gasteiger partial charge >= 0.3 is 11.9 Å². The van der Waals surface area contributed by atoms with Gasteiger partial charge in [-0.2, -0.15) is 0 Å². The fourth-order valence-electron chi connectivity index (χ4n) is 12.1. The molecule has 232 valence electrons. The van der Waals surface area contributed by atoms with Gasteiger partial charge in [0.25, 0.3) is 0 Å². The van der Waals surface area contributed by atoms with Gasteiger partial charge in [-0.05, 0) is 124 Å². The van der Waals surface area contributed by atoms with Crippen molar-refractivity contribution in [2.24, 2.45) is 62.1 Å². The molecular formula is C36H58O5. The topological polar surface area (TPSA) is 83.8 Å². The minimum absolute atomic E-state index is 0.0482. The number of carbonyl (C=O) groups excluding carboxylic acids is 1. The second kappa shape index (κ2) is 9.83. The van der Waals surface area contributed by atoms with Crippen molar-refractivity contribution in [2.75, 3.05) is 6.61 Å². The first kappa shape index (κ1) is 31.1. The number of carboxylic acid groups (broad SMARTS) is 1. The molecule has 0 aromatic rings. The lowest BCUT2D eigenvalue weighted by Crippen LogP contribution is -2.67. The van der Waals surface area contributed by atoms with Crippen LogP contribution in [0.1, 0.15) is 127 Å². The lowest BCUT2D eigenvalue weighted by molar-refractivity contribution is -0.256. The molecule has 10 atom stereocenters. The zero-order valence-electron chi connectivity index (χ0n) is 27.4. The van der Waals surface area contributed by atoms with Crippen molar-refractivity contribution in [3.05, 3.63) is 11.6 Å². The van der Waals surface area contributed by atoms with Gasteiger partial charge in [0, 0.05) is 17.4 Å². The Kier molecular flexibility index (Phi) is 7.45. The summed E-state index contributed by atoms with van der Waals surface area (Å²) in [5.41, 5.74) is 0.987. The minimum Gasteiger partial charge on any atom is -0.481 e. The van der Waals surface area contributed by atoms with Crippen molar-refractivity contribution < 1.29 is 24.5 Å². The minimum atomic E-state index is -1.12. The number of aliphatic hydroxyl groups is 1. The number of fused-ring (bicyclic) bond motifs is 7. The molecule has 0 heterocycles. The first-order chi connectivity index (χ1) is 18.9. The molecule has 0 amide bonds. The number of ether oxygens (including phenoxy) is 1. The van der Waals surface area contributed by atoms with Crippen LogP contribution in [0, 0.1) is 62.1 Å². The van der Waals surface area contributed by atoms with Crippen LogP contribution >= 0.6 is 0 Å². The summed E-state index contributed by atoms with van der Waals surface area (Å²) in [4.78, 5) is 24.6. The second-order valence-corrected chi connectivity index (χ2v) is 17.4. The molecule has 0 spiro atoms. The van der Waals surface area contributed by atoms with E-state index in [1.54, 1.807) is 13.8 Å². The van der Waals surface area contributed by atoms with Crippen LogP contribution in [0.2, 0.25) is 0 Å². The SMILES string of the molecule is CC1=CC[C@]2(CO)CC[C@]3(C)C(CC[C@@H]4[C@@]5(C)CC[C@H](OC(=O)CC(C)(C)C(=O)O)C(C)(C)[C@@H]5CC[C@]43C)[C@H]2[C@@H]1C. The highest BCUT2D eigenvalue weighted by Gasteiger charge is 2.70. The highest BCUT2D eigenvalue weighted by Crippen LogP contribution is 2.76. The van der Waals surface area contributed by atoms with Gasteiger partial charge in [0.05, 0.1) is 11.8 Å². The van der Waals surface area contributed by atoms with Gasteiger partial charge in [-0.15, -0.1) is 0 Å². The summed E-state index contributed by atoms with van der Waals surface area (Å²) in [6.45, 7) is 20.7. The standard InChI is InChI=1S/C36H58O5/c1-22-12-17-36(21-37)19-18-34(8)24(29(36)23(22)2)10-11-26-33(7)15-14-27(41-28(38)20-31(3,4)30(39)40)32(5,6)25(33)13-16-35(26,34)9/h12,23-27,29,37H,10-11,13-21H2,1-9H3,(H,39,40)/t23-,24?,25+,26-,27+,29-,33+,34-,35-,36-/m1/s1. The zero-order chi connectivity index (χ0) is 30.4. The van der Waals surface area contributed by atoms with Crippen LogP contribution in [-0.2, 0) is 14.3 Å². The second-order valence-electron chi connectivity index (χ2n) is 17.4. The van der Waals surface area contributed by atoms with Crippen molar-refractivity contribution in [1.82, 2.24) is 0 Å². The number of esters is 1. The Morgan fingerprint density at radius 3 is 2.27 bits per heavy atom. The van der Waals surface area contributed by atoms with E-state index < -0.39 is 11.4 Å². The summed E-state index contributed by atoms with van der Waals surface area (Å²) < 4.78 is 6.13. The van der Waals surface area contributed by atoms with E-state index in [2.05, 4.69) is 54.5 Å². The summed E-state index contributed by atoms with van der Waals surface area (Å²) in [7, 11) is 0. The fourth-order valence-corrected chi connectivity index (χ4v) is 12.1. The molecule has 0 radical (unpaired) electrons. The smallest absolute Gasteiger partial charge is 0.309 e. The van der Waals surface area contributed by atoms with Crippen LogP contribution in [0.4, 0.5) is 0 Å². The predicted octanol–water partition coefficient (Wildman–Crippen LogP) is 8.05. The first-order valence-electron chi connectivity index (χ1n) is 16.6. The summed E-state index contributed by atoms with van der Waals surface area (Å²) in [6, 6.07) is 0. The Balaban J connectivity index is 1.41. The maximum atomic E-state index is 12.9. The lowest BCUT2D eigenvalue weighted by Gasteiger charge is -2.73. The number of carboxylic acids is 1. The van der Waals surface area contributed by atoms with E-state index >= 15 is 0 Å². The molecule has 2 N–H and O–H groups in total. The number of aliphatic hydroxyl groups excluding tert-OH is 1. The molecule has 41 heavy (non-hydrogen) atoms. The third-order valence-corrected chi connectivity index (χ3v) is 15.0. The Morgan fingerprint density at radius 2 is 1.63 bits per heavy atom. The molecule has 5 rings (SSSR count). The molecule has 0 bridgehead atoms. The Morgan fingerprint density at radius 1 is 0.951 bits per heavy atom. The molecule has 5 aliphatic carbocycles. The summed E-state index contributed by atoms with van der Waals surface area (Å²) in [5, 5.41) is 20.3. The van der Waals surface area contributed by atoms with Gasteiger partial charge in [-0.25, -0.2) is 0 Å². The molecule has 5 heteroatoms. The van der Waals surface area contributed by atoms with Crippen molar-refractivity contribution in [2.45, 2.75) is 133 Å². The number of allylic oxidation sites excluding steroid dienone is 2. The molecule has 1 unspecified atom stereocenters. The molecule has 0 saturated heterocycles. The molecule has 5 aliphatic rings. The summed E-state index contributed by atoms with van der Waals surface area (Å²) >= 11 is 0. The molecule has 4 saturated carbocycles. The van der Waals surface area contributed by atoms with Gasteiger partial charge < -0.3 is 14.9 Å². The number of hydrogen-bond acceptors (Lipinski definition) is 4. The van der Waals surface area contributed by atoms with Crippen LogP contribution in [0.15, 0.2) is 11.6 Å². The van der Waals surface area contributed by atoms with Gasteiger partial charge in [0.1, 0.15) is 6.10 Å². The number of hydrogen-bond donors (Lipinski definition) is 2. The maximum absolute atomic E-state index is 12.9. The molecule has 0 aromatic heterocycles. The summed E-state index contributed by atoms with van der Waals surface area (Å²) in [6.07, 6.45) is 12.3. The molecular weight excluding hydrogens is 512 g/mol. The van der Waals surface area contributed by atoms with Crippen molar-refractivity contribution in [1.29, 1.82) is 0 Å². The molecule has 0 aliphatic heterocycles. The average molecular weight is 571 g/mol. The highest BCUT2D eigenvalue weighted by atomic mass is 16.5. The molecule has 5 nitrogen and oxygen atoms in total. The largest absolute Gasteiger partial charge is 0.481 e. The Hall–Kier alpha value is -1.36. The average Bonchev–Trinajstić information content (AvgIpc) is 2.88.